The number of hydrogen-bond donors (Lipinski definition) is 1. The zero-order valence-corrected chi connectivity index (χ0v) is 8.41. The van der Waals surface area contributed by atoms with Crippen LogP contribution in [0.2, 0.25) is 0 Å². The highest BCUT2D eigenvalue weighted by molar-refractivity contribution is 5.62. The molecule has 2 heterocycles. The molecule has 0 aliphatic heterocycles. The fourth-order valence-corrected chi connectivity index (χ4v) is 1.69. The SMILES string of the molecule is Oc1cccn2c(-c3ccccc3)nnc12. The van der Waals surface area contributed by atoms with Gasteiger partial charge in [0.1, 0.15) is 0 Å². The van der Waals surface area contributed by atoms with E-state index in [1.54, 1.807) is 16.5 Å². The van der Waals surface area contributed by atoms with Crippen LogP contribution in [0.1, 0.15) is 0 Å². The maximum absolute atomic E-state index is 9.61. The van der Waals surface area contributed by atoms with Gasteiger partial charge in [-0.2, -0.15) is 0 Å². The summed E-state index contributed by atoms with van der Waals surface area (Å²) in [6, 6.07) is 13.1. The van der Waals surface area contributed by atoms with Gasteiger partial charge in [-0.3, -0.25) is 4.40 Å². The van der Waals surface area contributed by atoms with Crippen molar-refractivity contribution in [2.75, 3.05) is 0 Å². The highest BCUT2D eigenvalue weighted by atomic mass is 16.3. The Labute approximate surface area is 91.8 Å². The zero-order valence-electron chi connectivity index (χ0n) is 8.41. The molecule has 1 aromatic carbocycles. The maximum Gasteiger partial charge on any atom is 0.203 e. The first kappa shape index (κ1) is 8.91. The van der Waals surface area contributed by atoms with Gasteiger partial charge in [0.15, 0.2) is 11.6 Å². The van der Waals surface area contributed by atoms with Gasteiger partial charge in [-0.15, -0.1) is 10.2 Å². The monoisotopic (exact) mass is 211 g/mol. The summed E-state index contributed by atoms with van der Waals surface area (Å²) in [4.78, 5) is 0. The predicted molar refractivity (Wildman–Crippen MR) is 60.1 cm³/mol. The zero-order chi connectivity index (χ0) is 11.0. The summed E-state index contributed by atoms with van der Waals surface area (Å²) in [5, 5.41) is 17.6. The summed E-state index contributed by atoms with van der Waals surface area (Å²) in [5.74, 6) is 0.865. The molecular weight excluding hydrogens is 202 g/mol. The molecule has 0 unspecified atom stereocenters. The minimum absolute atomic E-state index is 0.136. The van der Waals surface area contributed by atoms with Gasteiger partial charge >= 0.3 is 0 Å². The minimum atomic E-state index is 0.136. The highest BCUT2D eigenvalue weighted by Crippen LogP contribution is 2.22. The first-order valence-corrected chi connectivity index (χ1v) is 4.94. The van der Waals surface area contributed by atoms with E-state index in [0.717, 1.165) is 11.4 Å². The van der Waals surface area contributed by atoms with E-state index >= 15 is 0 Å². The normalized spacial score (nSPS) is 10.8. The Morgan fingerprint density at radius 1 is 0.938 bits per heavy atom. The second-order valence-electron chi connectivity index (χ2n) is 3.48. The van der Waals surface area contributed by atoms with Crippen molar-refractivity contribution in [3.63, 3.8) is 0 Å². The topological polar surface area (TPSA) is 50.4 Å². The molecule has 4 nitrogen and oxygen atoms in total. The van der Waals surface area contributed by atoms with Gasteiger partial charge in [0, 0.05) is 11.8 Å². The largest absolute Gasteiger partial charge is 0.504 e. The molecule has 0 radical (unpaired) electrons. The van der Waals surface area contributed by atoms with Gasteiger partial charge in [-0.25, -0.2) is 0 Å². The number of hydrogen-bond acceptors (Lipinski definition) is 3. The molecule has 1 N–H and O–H groups in total. The molecule has 0 fully saturated rings. The average Bonchev–Trinajstić information content (AvgIpc) is 2.75. The number of benzene rings is 1. The number of aromatic hydroxyl groups is 1. The lowest BCUT2D eigenvalue weighted by Gasteiger charge is -1.99. The fourth-order valence-electron chi connectivity index (χ4n) is 1.69. The Morgan fingerprint density at radius 2 is 1.75 bits per heavy atom. The van der Waals surface area contributed by atoms with Crippen LogP contribution in [0.4, 0.5) is 0 Å². The van der Waals surface area contributed by atoms with Crippen molar-refractivity contribution in [1.82, 2.24) is 14.6 Å². The maximum atomic E-state index is 9.61. The molecule has 16 heavy (non-hydrogen) atoms. The third-order valence-electron chi connectivity index (χ3n) is 2.45. The predicted octanol–water partition coefficient (Wildman–Crippen LogP) is 2.10. The van der Waals surface area contributed by atoms with E-state index in [-0.39, 0.29) is 5.75 Å². The Balaban J connectivity index is 2.30. The van der Waals surface area contributed by atoms with E-state index in [9.17, 15) is 5.11 Å². The molecule has 3 rings (SSSR count). The van der Waals surface area contributed by atoms with Crippen molar-refractivity contribution in [2.24, 2.45) is 0 Å². The van der Waals surface area contributed by atoms with Gasteiger partial charge in [-0.1, -0.05) is 30.3 Å². The number of rotatable bonds is 1. The van der Waals surface area contributed by atoms with Crippen LogP contribution in [0, 0.1) is 0 Å². The van der Waals surface area contributed by atoms with Crippen LogP contribution >= 0.6 is 0 Å². The lowest BCUT2D eigenvalue weighted by atomic mass is 10.2. The molecule has 4 heteroatoms. The Bertz CT molecular complexity index is 631. The number of nitrogens with zero attached hydrogens (tertiary/aromatic N) is 3. The molecular formula is C12H9N3O. The van der Waals surface area contributed by atoms with Crippen LogP contribution in [0.5, 0.6) is 5.75 Å². The molecule has 2 aromatic heterocycles. The van der Waals surface area contributed by atoms with Crippen LogP contribution in [0.25, 0.3) is 17.0 Å². The molecule has 0 amide bonds. The van der Waals surface area contributed by atoms with Crippen LogP contribution < -0.4 is 0 Å². The summed E-state index contributed by atoms with van der Waals surface area (Å²) in [6.45, 7) is 0. The smallest absolute Gasteiger partial charge is 0.203 e. The average molecular weight is 211 g/mol. The van der Waals surface area contributed by atoms with Gasteiger partial charge in [0.2, 0.25) is 5.65 Å². The van der Waals surface area contributed by atoms with Gasteiger partial charge in [-0.05, 0) is 12.1 Å². The molecule has 0 bridgehead atoms. The standard InChI is InChI=1S/C12H9N3O/c16-10-7-4-8-15-11(13-14-12(10)15)9-5-2-1-3-6-9/h1-8,16H. The molecule has 0 aliphatic rings. The van der Waals surface area contributed by atoms with Crippen LogP contribution in [-0.2, 0) is 0 Å². The third kappa shape index (κ3) is 1.24. The van der Waals surface area contributed by atoms with Crippen molar-refractivity contribution < 1.29 is 5.11 Å². The van der Waals surface area contributed by atoms with Crippen molar-refractivity contribution >= 4 is 5.65 Å². The number of fused-ring (bicyclic) bond motifs is 1. The van der Waals surface area contributed by atoms with Crippen molar-refractivity contribution in [3.8, 4) is 17.1 Å². The lowest BCUT2D eigenvalue weighted by Crippen LogP contribution is -1.88. The highest BCUT2D eigenvalue weighted by Gasteiger charge is 2.09. The molecule has 0 aliphatic carbocycles. The Hall–Kier alpha value is -2.36. The van der Waals surface area contributed by atoms with E-state index in [2.05, 4.69) is 10.2 Å². The van der Waals surface area contributed by atoms with E-state index in [1.165, 1.54) is 0 Å². The van der Waals surface area contributed by atoms with Crippen LogP contribution in [0.3, 0.4) is 0 Å². The quantitative estimate of drug-likeness (QED) is 0.670. The van der Waals surface area contributed by atoms with Gasteiger partial charge in [0.05, 0.1) is 0 Å². The molecule has 0 saturated carbocycles. The second kappa shape index (κ2) is 3.34. The van der Waals surface area contributed by atoms with Crippen LogP contribution in [0.15, 0.2) is 48.7 Å². The Morgan fingerprint density at radius 3 is 2.56 bits per heavy atom. The summed E-state index contributed by atoms with van der Waals surface area (Å²) in [7, 11) is 0. The first-order chi connectivity index (χ1) is 7.86. The third-order valence-corrected chi connectivity index (χ3v) is 2.45. The van der Waals surface area contributed by atoms with Crippen molar-refractivity contribution in [3.05, 3.63) is 48.7 Å². The number of aromatic nitrogens is 3. The van der Waals surface area contributed by atoms with E-state index in [0.29, 0.717) is 5.65 Å². The summed E-state index contributed by atoms with van der Waals surface area (Å²) >= 11 is 0. The van der Waals surface area contributed by atoms with E-state index < -0.39 is 0 Å². The lowest BCUT2D eigenvalue weighted by molar-refractivity contribution is 0.477. The fraction of sp³-hybridized carbons (Fsp3) is 0. The first-order valence-electron chi connectivity index (χ1n) is 4.94. The van der Waals surface area contributed by atoms with Gasteiger partial charge < -0.3 is 5.11 Å². The van der Waals surface area contributed by atoms with Crippen LogP contribution in [-0.4, -0.2) is 19.7 Å². The summed E-state index contributed by atoms with van der Waals surface area (Å²) < 4.78 is 1.77. The molecule has 3 aromatic rings. The molecule has 0 spiro atoms. The molecule has 78 valence electrons. The molecule has 0 atom stereocenters. The van der Waals surface area contributed by atoms with E-state index in [1.807, 2.05) is 36.5 Å². The minimum Gasteiger partial charge on any atom is -0.504 e. The summed E-state index contributed by atoms with van der Waals surface area (Å²) in [5.41, 5.74) is 1.45. The molecule has 0 saturated heterocycles. The van der Waals surface area contributed by atoms with Crippen molar-refractivity contribution in [1.29, 1.82) is 0 Å². The number of pyridine rings is 1. The van der Waals surface area contributed by atoms with Gasteiger partial charge in [0.25, 0.3) is 0 Å². The summed E-state index contributed by atoms with van der Waals surface area (Å²) in [6.07, 6.45) is 1.83. The Kier molecular flexibility index (Phi) is 1.86. The van der Waals surface area contributed by atoms with E-state index in [4.69, 9.17) is 0 Å². The second-order valence-corrected chi connectivity index (χ2v) is 3.48. The van der Waals surface area contributed by atoms with Crippen molar-refractivity contribution in [2.45, 2.75) is 0 Å².